The van der Waals surface area contributed by atoms with Gasteiger partial charge < -0.3 is 22.1 Å². The molecule has 1 aromatic carbocycles. The molecule has 0 radical (unpaired) electrons. The number of hydroxylamine groups is 2. The van der Waals surface area contributed by atoms with Gasteiger partial charge >= 0.3 is 0 Å². The molecule has 0 bridgehead atoms. The third-order valence-corrected chi connectivity index (χ3v) is 7.40. The molecule has 5 atom stereocenters. The van der Waals surface area contributed by atoms with Gasteiger partial charge in [0, 0.05) is 0 Å². The van der Waals surface area contributed by atoms with E-state index in [1.165, 1.54) is 38.5 Å². The van der Waals surface area contributed by atoms with E-state index < -0.39 is 36.1 Å². The quantitative estimate of drug-likeness (QED) is 0.114. The molecule has 4 unspecified atom stereocenters. The Morgan fingerprint density at radius 3 is 1.91 bits per heavy atom. The van der Waals surface area contributed by atoms with Gasteiger partial charge in [0.15, 0.2) is 5.78 Å². The number of unbranched alkanes of at least 4 members (excludes halogenated alkanes) is 1. The molecule has 0 saturated heterocycles. The molecular formula is C34H62N6O6. The van der Waals surface area contributed by atoms with Crippen LogP contribution in [-0.4, -0.2) is 60.9 Å². The summed E-state index contributed by atoms with van der Waals surface area (Å²) in [4.78, 5) is 60.0. The summed E-state index contributed by atoms with van der Waals surface area (Å²) in [6, 6.07) is 6.71. The normalized spacial score (nSPS) is 15.7. The first kappa shape index (κ1) is 43.1. The molecule has 2 rings (SSSR count). The standard InChI is InChI=1S/C26H44N6O6.C6H12.C2H6/c1-5-7-14-20(30-22(33)15-27)17(3)38-32-21(11-6-2)25(35)18(4)37-29-16-23(34)31-24(26(28)36)19-12-9-8-10-13-19;1-2-4-6-5-3-1;1-2/h8-10,12-13,17-18,20-21,24,29,32H,5-7,11,14-16,27H2,1-4H3,(H2,28,36)(H,30,33)(H,31,34);1-6H2;1-2H3/t17?,18?,20?,21?,24-;;/m0../s1. The summed E-state index contributed by atoms with van der Waals surface area (Å²) in [7, 11) is 0. The molecule has 1 aliphatic rings. The number of carbonyl (C=O) groups excluding carboxylic acids is 4. The highest BCUT2D eigenvalue weighted by Gasteiger charge is 2.27. The minimum atomic E-state index is -0.988. The van der Waals surface area contributed by atoms with Crippen LogP contribution in [0.25, 0.3) is 0 Å². The number of primary amides is 1. The fourth-order valence-electron chi connectivity index (χ4n) is 4.74. The highest BCUT2D eigenvalue weighted by Crippen LogP contribution is 2.15. The zero-order valence-electron chi connectivity index (χ0n) is 29.1. The Kier molecular flexibility index (Phi) is 25.5. The molecule has 0 heterocycles. The lowest BCUT2D eigenvalue weighted by atomic mass is 10.0. The number of nitrogens with two attached hydrogens (primary N) is 2. The molecule has 264 valence electrons. The van der Waals surface area contributed by atoms with Crippen molar-refractivity contribution in [3.8, 4) is 0 Å². The number of Topliss-reactive ketones (excluding diaryl/α,β-unsaturated/α-hetero) is 1. The lowest BCUT2D eigenvalue weighted by Crippen LogP contribution is -2.50. The van der Waals surface area contributed by atoms with Crippen molar-refractivity contribution >= 4 is 23.5 Å². The van der Waals surface area contributed by atoms with Crippen LogP contribution in [0.1, 0.15) is 124 Å². The molecule has 12 heteroatoms. The molecule has 1 aliphatic carbocycles. The van der Waals surface area contributed by atoms with E-state index in [0.717, 1.165) is 12.8 Å². The van der Waals surface area contributed by atoms with Crippen LogP contribution in [0.15, 0.2) is 30.3 Å². The monoisotopic (exact) mass is 650 g/mol. The predicted molar refractivity (Wildman–Crippen MR) is 182 cm³/mol. The Labute approximate surface area is 276 Å². The van der Waals surface area contributed by atoms with E-state index in [9.17, 15) is 19.2 Å². The first-order chi connectivity index (χ1) is 22.1. The highest BCUT2D eigenvalue weighted by molar-refractivity contribution is 5.89. The molecule has 3 amide bonds. The number of rotatable bonds is 20. The maximum atomic E-state index is 13.0. The van der Waals surface area contributed by atoms with Crippen LogP contribution < -0.4 is 33.1 Å². The fraction of sp³-hybridized carbons (Fsp3) is 0.706. The van der Waals surface area contributed by atoms with Crippen LogP contribution in [0.4, 0.5) is 0 Å². The van der Waals surface area contributed by atoms with Crippen LogP contribution in [0.5, 0.6) is 0 Å². The van der Waals surface area contributed by atoms with Crippen molar-refractivity contribution in [1.82, 2.24) is 21.6 Å². The van der Waals surface area contributed by atoms with Crippen molar-refractivity contribution in [1.29, 1.82) is 0 Å². The van der Waals surface area contributed by atoms with Crippen molar-refractivity contribution in [3.63, 3.8) is 0 Å². The van der Waals surface area contributed by atoms with E-state index in [1.807, 2.05) is 27.7 Å². The molecule has 0 aromatic heterocycles. The maximum absolute atomic E-state index is 13.0. The number of nitrogens with one attached hydrogen (secondary N) is 4. The van der Waals surface area contributed by atoms with Gasteiger partial charge in [-0.1, -0.05) is 116 Å². The minimum absolute atomic E-state index is 0.116. The maximum Gasteiger partial charge on any atom is 0.244 e. The van der Waals surface area contributed by atoms with Crippen molar-refractivity contribution < 1.29 is 28.9 Å². The van der Waals surface area contributed by atoms with Gasteiger partial charge in [-0.05, 0) is 32.3 Å². The van der Waals surface area contributed by atoms with Crippen molar-refractivity contribution in [2.75, 3.05) is 13.1 Å². The lowest BCUT2D eigenvalue weighted by molar-refractivity contribution is -0.146. The van der Waals surface area contributed by atoms with Crippen molar-refractivity contribution in [2.24, 2.45) is 11.5 Å². The Hall–Kier alpha value is -2.90. The van der Waals surface area contributed by atoms with E-state index in [4.69, 9.17) is 21.1 Å². The smallest absolute Gasteiger partial charge is 0.244 e. The summed E-state index contributed by atoms with van der Waals surface area (Å²) in [5.41, 5.74) is 16.7. The first-order valence-electron chi connectivity index (χ1n) is 17.1. The molecule has 1 fully saturated rings. The van der Waals surface area contributed by atoms with Gasteiger partial charge in [-0.2, -0.15) is 11.0 Å². The Balaban J connectivity index is 0.00000222. The fourth-order valence-corrected chi connectivity index (χ4v) is 4.74. The minimum Gasteiger partial charge on any atom is -0.368 e. The van der Waals surface area contributed by atoms with Gasteiger partial charge in [0.2, 0.25) is 17.7 Å². The Morgan fingerprint density at radius 2 is 1.41 bits per heavy atom. The Bertz CT molecular complexity index is 951. The van der Waals surface area contributed by atoms with Crippen LogP contribution in [0.3, 0.4) is 0 Å². The average Bonchev–Trinajstić information content (AvgIpc) is 3.08. The Morgan fingerprint density at radius 1 is 0.826 bits per heavy atom. The number of hydrogen-bond donors (Lipinski definition) is 6. The highest BCUT2D eigenvalue weighted by atomic mass is 16.7. The first-order valence-corrected chi connectivity index (χ1v) is 17.1. The molecular weight excluding hydrogens is 588 g/mol. The largest absolute Gasteiger partial charge is 0.368 e. The second-order valence-corrected chi connectivity index (χ2v) is 11.2. The second kappa shape index (κ2) is 27.2. The van der Waals surface area contributed by atoms with Crippen molar-refractivity contribution in [3.05, 3.63) is 35.9 Å². The number of hydrogen-bond acceptors (Lipinski definition) is 9. The molecule has 46 heavy (non-hydrogen) atoms. The van der Waals surface area contributed by atoms with E-state index in [0.29, 0.717) is 24.8 Å². The number of carbonyl (C=O) groups is 4. The zero-order valence-corrected chi connectivity index (χ0v) is 29.1. The molecule has 1 aromatic rings. The zero-order chi connectivity index (χ0) is 34.7. The van der Waals surface area contributed by atoms with Gasteiger partial charge in [-0.3, -0.25) is 28.9 Å². The predicted octanol–water partition coefficient (Wildman–Crippen LogP) is 3.89. The third-order valence-electron chi connectivity index (χ3n) is 7.40. The van der Waals surface area contributed by atoms with E-state index >= 15 is 0 Å². The lowest BCUT2D eigenvalue weighted by Gasteiger charge is -2.28. The summed E-state index contributed by atoms with van der Waals surface area (Å²) in [5.74, 6) is -1.78. The van der Waals surface area contributed by atoms with Crippen LogP contribution >= 0.6 is 0 Å². The van der Waals surface area contributed by atoms with Crippen LogP contribution in [0, 0.1) is 0 Å². The van der Waals surface area contributed by atoms with E-state index in [2.05, 4.69) is 28.5 Å². The third kappa shape index (κ3) is 18.9. The summed E-state index contributed by atoms with van der Waals surface area (Å²) in [5, 5.41) is 5.41. The second-order valence-electron chi connectivity index (χ2n) is 11.2. The van der Waals surface area contributed by atoms with Crippen molar-refractivity contribution in [2.45, 2.75) is 143 Å². The average molecular weight is 651 g/mol. The van der Waals surface area contributed by atoms with Crippen LogP contribution in [0.2, 0.25) is 0 Å². The van der Waals surface area contributed by atoms with Gasteiger partial charge in [-0.15, -0.1) is 0 Å². The van der Waals surface area contributed by atoms with Gasteiger partial charge in [0.1, 0.15) is 12.1 Å². The summed E-state index contributed by atoms with van der Waals surface area (Å²) in [6.07, 6.45) is 11.5. The van der Waals surface area contributed by atoms with E-state index in [-0.39, 0.29) is 30.8 Å². The van der Waals surface area contributed by atoms with Crippen LogP contribution in [-0.2, 0) is 28.9 Å². The van der Waals surface area contributed by atoms with Gasteiger partial charge in [-0.25, -0.2) is 0 Å². The molecule has 1 saturated carbocycles. The number of amides is 3. The topological polar surface area (TPSA) is 187 Å². The summed E-state index contributed by atoms with van der Waals surface area (Å²) >= 11 is 0. The molecule has 8 N–H and O–H groups in total. The SMILES string of the molecule is C1CCCCC1.CC.CCCCC(NC(=O)CN)C(C)ONC(CCC)C(=O)C(C)ONCC(=O)N[C@H](C(N)=O)c1ccccc1. The molecule has 0 aliphatic heterocycles. The van der Waals surface area contributed by atoms with Gasteiger partial charge in [0.05, 0.1) is 31.3 Å². The summed E-state index contributed by atoms with van der Waals surface area (Å²) in [6.45, 7) is 10.9. The van der Waals surface area contributed by atoms with E-state index in [1.54, 1.807) is 37.3 Å². The molecule has 0 spiro atoms. The van der Waals surface area contributed by atoms with Gasteiger partial charge in [0.25, 0.3) is 0 Å². The summed E-state index contributed by atoms with van der Waals surface area (Å²) < 4.78 is 0. The number of ketones is 1. The number of benzene rings is 1. The molecule has 12 nitrogen and oxygen atoms in total.